The van der Waals surface area contributed by atoms with Crippen molar-refractivity contribution in [2.24, 2.45) is 0 Å². The maximum atomic E-state index is 11.5. The minimum Gasteiger partial charge on any atom is -0.453 e. The molecular weight excluding hydrogens is 226 g/mol. The van der Waals surface area contributed by atoms with Crippen LogP contribution in [0.25, 0.3) is 0 Å². The lowest BCUT2D eigenvalue weighted by Crippen LogP contribution is -2.32. The van der Waals surface area contributed by atoms with Crippen molar-refractivity contribution in [3.8, 4) is 0 Å². The second-order valence-corrected chi connectivity index (χ2v) is 5.30. The van der Waals surface area contributed by atoms with Gasteiger partial charge in [0.05, 0.1) is 5.00 Å². The Kier molecular flexibility index (Phi) is 3.70. The van der Waals surface area contributed by atoms with E-state index in [1.54, 1.807) is 20.8 Å². The SMILES string of the molecule is Cc1ccsc1NC(=O)C(=O)OC(C)(C)C. The molecule has 0 unspecified atom stereocenters. The predicted octanol–water partition coefficient (Wildman–Crippen LogP) is 2.34. The van der Waals surface area contributed by atoms with Crippen LogP contribution >= 0.6 is 11.3 Å². The normalized spacial score (nSPS) is 11.0. The lowest BCUT2D eigenvalue weighted by molar-refractivity contribution is -0.161. The van der Waals surface area contributed by atoms with E-state index in [2.05, 4.69) is 5.32 Å². The average molecular weight is 241 g/mol. The Morgan fingerprint density at radius 2 is 2.00 bits per heavy atom. The third kappa shape index (κ3) is 3.66. The highest BCUT2D eigenvalue weighted by molar-refractivity contribution is 7.14. The molecule has 1 heterocycles. The van der Waals surface area contributed by atoms with Crippen LogP contribution in [0.1, 0.15) is 26.3 Å². The smallest absolute Gasteiger partial charge is 0.397 e. The van der Waals surface area contributed by atoms with Crippen LogP contribution in [0.15, 0.2) is 11.4 Å². The van der Waals surface area contributed by atoms with Crippen LogP contribution in [0.3, 0.4) is 0 Å². The van der Waals surface area contributed by atoms with Crippen molar-refractivity contribution in [2.75, 3.05) is 5.32 Å². The number of nitrogens with one attached hydrogen (secondary N) is 1. The second-order valence-electron chi connectivity index (χ2n) is 4.39. The second kappa shape index (κ2) is 4.65. The number of hydrogen-bond acceptors (Lipinski definition) is 4. The van der Waals surface area contributed by atoms with Crippen LogP contribution in [0, 0.1) is 6.92 Å². The summed E-state index contributed by atoms with van der Waals surface area (Å²) in [6, 6.07) is 1.87. The van der Waals surface area contributed by atoms with E-state index in [0.717, 1.165) is 5.56 Å². The van der Waals surface area contributed by atoms with Gasteiger partial charge in [-0.15, -0.1) is 11.3 Å². The fraction of sp³-hybridized carbons (Fsp3) is 0.455. The molecule has 0 fully saturated rings. The van der Waals surface area contributed by atoms with Gasteiger partial charge in [-0.1, -0.05) is 0 Å². The summed E-state index contributed by atoms with van der Waals surface area (Å²) in [5, 5.41) is 5.04. The summed E-state index contributed by atoms with van der Waals surface area (Å²) in [4.78, 5) is 22.8. The summed E-state index contributed by atoms with van der Waals surface area (Å²) in [6.45, 7) is 7.01. The van der Waals surface area contributed by atoms with Crippen molar-refractivity contribution in [1.29, 1.82) is 0 Å². The Labute approximate surface area is 98.6 Å². The molecule has 1 aromatic rings. The lowest BCUT2D eigenvalue weighted by atomic mass is 10.2. The molecule has 5 heteroatoms. The van der Waals surface area contributed by atoms with Gasteiger partial charge >= 0.3 is 11.9 Å². The van der Waals surface area contributed by atoms with Crippen LogP contribution in [-0.4, -0.2) is 17.5 Å². The molecular formula is C11H15NO3S. The van der Waals surface area contributed by atoms with Gasteiger partial charge in [-0.25, -0.2) is 4.79 Å². The molecule has 0 spiro atoms. The zero-order chi connectivity index (χ0) is 12.3. The summed E-state index contributed by atoms with van der Waals surface area (Å²) in [5.74, 6) is -1.60. The molecule has 4 nitrogen and oxygen atoms in total. The van der Waals surface area contributed by atoms with E-state index in [-0.39, 0.29) is 0 Å². The summed E-state index contributed by atoms with van der Waals surface area (Å²) in [7, 11) is 0. The van der Waals surface area contributed by atoms with Crippen LogP contribution in [-0.2, 0) is 14.3 Å². The highest BCUT2D eigenvalue weighted by Gasteiger charge is 2.23. The van der Waals surface area contributed by atoms with Gasteiger partial charge in [0.25, 0.3) is 0 Å². The van der Waals surface area contributed by atoms with Crippen LogP contribution < -0.4 is 5.32 Å². The molecule has 0 bridgehead atoms. The number of anilines is 1. The fourth-order valence-electron chi connectivity index (χ4n) is 0.979. The molecule has 0 atom stereocenters. The summed E-state index contributed by atoms with van der Waals surface area (Å²) >= 11 is 1.37. The van der Waals surface area contributed by atoms with E-state index < -0.39 is 17.5 Å². The van der Waals surface area contributed by atoms with Gasteiger partial charge in [-0.2, -0.15) is 0 Å². The third-order valence-corrected chi connectivity index (χ3v) is 2.61. The molecule has 1 amide bonds. The number of rotatable bonds is 1. The maximum Gasteiger partial charge on any atom is 0.397 e. The molecule has 88 valence electrons. The molecule has 16 heavy (non-hydrogen) atoms. The monoisotopic (exact) mass is 241 g/mol. The predicted molar refractivity (Wildman–Crippen MR) is 63.5 cm³/mol. The number of amides is 1. The van der Waals surface area contributed by atoms with Gasteiger partial charge in [0.2, 0.25) is 0 Å². The van der Waals surface area contributed by atoms with Gasteiger partial charge < -0.3 is 10.1 Å². The molecule has 0 aromatic carbocycles. The Morgan fingerprint density at radius 1 is 1.38 bits per heavy atom. The summed E-state index contributed by atoms with van der Waals surface area (Å²) in [5.41, 5.74) is 0.278. The van der Waals surface area contributed by atoms with Crippen molar-refractivity contribution in [3.63, 3.8) is 0 Å². The maximum absolute atomic E-state index is 11.5. The largest absolute Gasteiger partial charge is 0.453 e. The molecule has 0 saturated carbocycles. The first-order valence-electron chi connectivity index (χ1n) is 4.88. The van der Waals surface area contributed by atoms with E-state index in [9.17, 15) is 9.59 Å². The zero-order valence-corrected chi connectivity index (χ0v) is 10.6. The fourth-order valence-corrected chi connectivity index (χ4v) is 1.79. The van der Waals surface area contributed by atoms with Crippen LogP contribution in [0.4, 0.5) is 5.00 Å². The van der Waals surface area contributed by atoms with Crippen LogP contribution in [0.2, 0.25) is 0 Å². The van der Waals surface area contributed by atoms with E-state index in [0.29, 0.717) is 5.00 Å². The Balaban J connectivity index is 2.60. The number of ether oxygens (including phenoxy) is 1. The minimum atomic E-state index is -0.861. The highest BCUT2D eigenvalue weighted by Crippen LogP contribution is 2.21. The molecule has 0 radical (unpaired) electrons. The number of aryl methyl sites for hydroxylation is 1. The number of hydrogen-bond donors (Lipinski definition) is 1. The molecule has 1 N–H and O–H groups in total. The topological polar surface area (TPSA) is 55.4 Å². The molecule has 1 rings (SSSR count). The van der Waals surface area contributed by atoms with Crippen LogP contribution in [0.5, 0.6) is 0 Å². The van der Waals surface area contributed by atoms with E-state index in [1.165, 1.54) is 11.3 Å². The third-order valence-electron chi connectivity index (χ3n) is 1.67. The van der Waals surface area contributed by atoms with E-state index in [1.807, 2.05) is 18.4 Å². The highest BCUT2D eigenvalue weighted by atomic mass is 32.1. The molecule has 0 aliphatic rings. The molecule has 0 aliphatic carbocycles. The van der Waals surface area contributed by atoms with Gasteiger partial charge in [0, 0.05) is 0 Å². The Hall–Kier alpha value is -1.36. The van der Waals surface area contributed by atoms with E-state index in [4.69, 9.17) is 4.74 Å². The van der Waals surface area contributed by atoms with Gasteiger partial charge in [0.15, 0.2) is 0 Å². The number of thiophene rings is 1. The van der Waals surface area contributed by atoms with Gasteiger partial charge in [-0.05, 0) is 44.7 Å². The molecule has 1 aromatic heterocycles. The Bertz CT molecular complexity index is 404. The molecule has 0 saturated heterocycles. The first kappa shape index (κ1) is 12.7. The summed E-state index contributed by atoms with van der Waals surface area (Å²) < 4.78 is 4.94. The minimum absolute atomic E-state index is 0.654. The quantitative estimate of drug-likeness (QED) is 0.606. The van der Waals surface area contributed by atoms with Gasteiger partial charge in [0.1, 0.15) is 5.60 Å². The van der Waals surface area contributed by atoms with Gasteiger partial charge in [-0.3, -0.25) is 4.79 Å². The van der Waals surface area contributed by atoms with Crippen molar-refractivity contribution in [1.82, 2.24) is 0 Å². The molecule has 0 aliphatic heterocycles. The van der Waals surface area contributed by atoms with Crippen molar-refractivity contribution in [2.45, 2.75) is 33.3 Å². The van der Waals surface area contributed by atoms with E-state index >= 15 is 0 Å². The zero-order valence-electron chi connectivity index (χ0n) is 9.79. The number of esters is 1. The summed E-state index contributed by atoms with van der Waals surface area (Å²) in [6.07, 6.45) is 0. The van der Waals surface area contributed by atoms with Crippen molar-refractivity contribution < 1.29 is 14.3 Å². The number of carbonyl (C=O) groups is 2. The standard InChI is InChI=1S/C11H15NO3S/c1-7-5-6-16-9(7)12-8(13)10(14)15-11(2,3)4/h5-6H,1-4H3,(H,12,13). The number of carbonyl (C=O) groups excluding carboxylic acids is 2. The van der Waals surface area contributed by atoms with Crippen molar-refractivity contribution >= 4 is 28.2 Å². The Morgan fingerprint density at radius 3 is 2.44 bits per heavy atom. The van der Waals surface area contributed by atoms with Crippen molar-refractivity contribution in [3.05, 3.63) is 17.0 Å². The first-order chi connectivity index (χ1) is 7.29. The first-order valence-corrected chi connectivity index (χ1v) is 5.76. The average Bonchev–Trinajstić information content (AvgIpc) is 2.49. The lowest BCUT2D eigenvalue weighted by Gasteiger charge is -2.18.